The Morgan fingerprint density at radius 3 is 2.59 bits per heavy atom. The lowest BCUT2D eigenvalue weighted by atomic mass is 10.2. The van der Waals surface area contributed by atoms with E-state index in [1.54, 1.807) is 12.1 Å². The topological polar surface area (TPSA) is 103 Å². The number of aromatic nitrogens is 3. The summed E-state index contributed by atoms with van der Waals surface area (Å²) < 4.78 is 25.1. The fourth-order valence-electron chi connectivity index (χ4n) is 2.73. The van der Waals surface area contributed by atoms with Crippen LogP contribution in [0.1, 0.15) is 5.56 Å². The lowest BCUT2D eigenvalue weighted by Gasteiger charge is -2.09. The molecule has 0 saturated carbocycles. The summed E-state index contributed by atoms with van der Waals surface area (Å²) in [5.74, 6) is 0.467. The van der Waals surface area contributed by atoms with Crippen LogP contribution in [0.5, 0.6) is 0 Å². The van der Waals surface area contributed by atoms with Crippen molar-refractivity contribution in [3.8, 4) is 0 Å². The van der Waals surface area contributed by atoms with Gasteiger partial charge in [-0.1, -0.05) is 23.8 Å². The van der Waals surface area contributed by atoms with Crippen molar-refractivity contribution < 1.29 is 8.42 Å². The number of nitrogens with zero attached hydrogens (tertiary/aromatic N) is 3. The molecule has 0 spiro atoms. The zero-order valence-electron chi connectivity index (χ0n) is 15.2. The van der Waals surface area contributed by atoms with Crippen molar-refractivity contribution in [2.75, 3.05) is 5.32 Å². The average Bonchev–Trinajstić information content (AvgIpc) is 3.06. The molecule has 4 aromatic rings. The van der Waals surface area contributed by atoms with Crippen LogP contribution >= 0.6 is 23.5 Å². The third-order valence-electron chi connectivity index (χ3n) is 4.13. The Bertz CT molecular complexity index is 1300. The molecule has 10 heteroatoms. The zero-order chi connectivity index (χ0) is 20.6. The van der Waals surface area contributed by atoms with Crippen LogP contribution in [0.25, 0.3) is 11.0 Å². The zero-order valence-corrected chi connectivity index (χ0v) is 17.6. The number of halogens is 1. The lowest BCUT2D eigenvalue weighted by Crippen LogP contribution is -2.12. The number of aryl methyl sites for hydroxylation is 1. The molecule has 148 valence electrons. The van der Waals surface area contributed by atoms with Crippen molar-refractivity contribution in [3.63, 3.8) is 0 Å². The second-order valence-electron chi connectivity index (χ2n) is 6.32. The first-order chi connectivity index (χ1) is 13.8. The molecule has 2 heterocycles. The van der Waals surface area contributed by atoms with Crippen LogP contribution in [0.2, 0.25) is 5.28 Å². The molecular formula is C19H16ClN5O2S2. The van der Waals surface area contributed by atoms with Gasteiger partial charge in [0.25, 0.3) is 0 Å². The highest BCUT2D eigenvalue weighted by molar-refractivity contribution is 7.98. The Kier molecular flexibility index (Phi) is 5.22. The number of rotatable bonds is 5. The highest BCUT2D eigenvalue weighted by Crippen LogP contribution is 2.31. The molecule has 0 atom stereocenters. The van der Waals surface area contributed by atoms with Gasteiger partial charge in [0.2, 0.25) is 15.3 Å². The van der Waals surface area contributed by atoms with E-state index >= 15 is 0 Å². The molecule has 4 rings (SSSR count). The van der Waals surface area contributed by atoms with Gasteiger partial charge in [-0.3, -0.25) is 3.97 Å². The Hall–Kier alpha value is -2.59. The van der Waals surface area contributed by atoms with Gasteiger partial charge in [0.15, 0.2) is 5.65 Å². The number of nitrogens with one attached hydrogen (secondary N) is 1. The maximum absolute atomic E-state index is 11.6. The monoisotopic (exact) mass is 445 g/mol. The van der Waals surface area contributed by atoms with Gasteiger partial charge in [0.1, 0.15) is 5.82 Å². The van der Waals surface area contributed by atoms with Crippen LogP contribution < -0.4 is 10.5 Å². The summed E-state index contributed by atoms with van der Waals surface area (Å²) in [6, 6.07) is 16.2. The van der Waals surface area contributed by atoms with E-state index in [9.17, 15) is 8.42 Å². The average molecular weight is 446 g/mol. The number of benzene rings is 2. The minimum Gasteiger partial charge on any atom is -0.339 e. The summed E-state index contributed by atoms with van der Waals surface area (Å²) in [5, 5.41) is 9.14. The predicted molar refractivity (Wildman–Crippen MR) is 116 cm³/mol. The minimum atomic E-state index is -3.81. The van der Waals surface area contributed by atoms with Crippen molar-refractivity contribution >= 4 is 56.1 Å². The third-order valence-corrected chi connectivity index (χ3v) is 6.19. The van der Waals surface area contributed by atoms with E-state index < -0.39 is 10.0 Å². The fourth-order valence-corrected chi connectivity index (χ4v) is 4.29. The molecule has 0 aliphatic rings. The molecule has 2 aromatic heterocycles. The van der Waals surface area contributed by atoms with Crippen molar-refractivity contribution in [3.05, 3.63) is 71.6 Å². The van der Waals surface area contributed by atoms with Crippen LogP contribution in [0.15, 0.2) is 70.6 Å². The van der Waals surface area contributed by atoms with Crippen LogP contribution in [0.4, 0.5) is 11.5 Å². The SMILES string of the molecule is Cc1ccc(Sn2ccc3c(Nc4cccc(S(N)(=O)=O)c4)nc(Cl)nc32)cc1. The molecule has 0 bridgehead atoms. The number of nitrogens with two attached hydrogens (primary N) is 1. The lowest BCUT2D eigenvalue weighted by molar-refractivity contribution is 0.598. The summed E-state index contributed by atoms with van der Waals surface area (Å²) in [7, 11) is -3.81. The van der Waals surface area contributed by atoms with E-state index in [-0.39, 0.29) is 10.2 Å². The smallest absolute Gasteiger partial charge is 0.238 e. The van der Waals surface area contributed by atoms with Gasteiger partial charge >= 0.3 is 0 Å². The number of fused-ring (bicyclic) bond motifs is 1. The van der Waals surface area contributed by atoms with Crippen LogP contribution in [0.3, 0.4) is 0 Å². The van der Waals surface area contributed by atoms with Gasteiger partial charge in [-0.05, 0) is 66.9 Å². The maximum atomic E-state index is 11.6. The molecule has 0 aliphatic heterocycles. The molecule has 2 aromatic carbocycles. The predicted octanol–water partition coefficient (Wildman–Crippen LogP) is 4.34. The largest absolute Gasteiger partial charge is 0.339 e. The summed E-state index contributed by atoms with van der Waals surface area (Å²) in [6.07, 6.45) is 1.88. The first kappa shape index (κ1) is 19.7. The summed E-state index contributed by atoms with van der Waals surface area (Å²) in [4.78, 5) is 9.67. The Labute approximate surface area is 177 Å². The van der Waals surface area contributed by atoms with Crippen molar-refractivity contribution in [2.45, 2.75) is 16.7 Å². The Morgan fingerprint density at radius 2 is 1.86 bits per heavy atom. The summed E-state index contributed by atoms with van der Waals surface area (Å²) >= 11 is 7.65. The first-order valence-electron chi connectivity index (χ1n) is 8.49. The van der Waals surface area contributed by atoms with E-state index in [0.29, 0.717) is 17.2 Å². The number of primary sulfonamides is 1. The van der Waals surface area contributed by atoms with Gasteiger partial charge in [-0.2, -0.15) is 9.97 Å². The molecule has 0 saturated heterocycles. The molecule has 7 nitrogen and oxygen atoms in total. The number of hydrogen-bond donors (Lipinski definition) is 2. The molecule has 0 unspecified atom stereocenters. The first-order valence-corrected chi connectivity index (χ1v) is 11.2. The second kappa shape index (κ2) is 7.68. The summed E-state index contributed by atoms with van der Waals surface area (Å²) in [5.41, 5.74) is 2.34. The van der Waals surface area contributed by atoms with E-state index in [1.165, 1.54) is 29.6 Å². The quantitative estimate of drug-likeness (QED) is 0.443. The van der Waals surface area contributed by atoms with Crippen molar-refractivity contribution in [1.29, 1.82) is 0 Å². The number of hydrogen-bond acceptors (Lipinski definition) is 6. The number of sulfonamides is 1. The Balaban J connectivity index is 1.71. The highest BCUT2D eigenvalue weighted by Gasteiger charge is 2.14. The van der Waals surface area contributed by atoms with Gasteiger partial charge < -0.3 is 5.32 Å². The molecule has 0 amide bonds. The molecule has 0 aliphatic carbocycles. The molecule has 0 fully saturated rings. The molecule has 0 radical (unpaired) electrons. The van der Waals surface area contributed by atoms with Crippen molar-refractivity contribution in [1.82, 2.24) is 13.9 Å². The van der Waals surface area contributed by atoms with Gasteiger partial charge in [-0.25, -0.2) is 13.6 Å². The molecule has 3 N–H and O–H groups in total. The van der Waals surface area contributed by atoms with Gasteiger partial charge in [-0.15, -0.1) is 0 Å². The number of anilines is 2. The van der Waals surface area contributed by atoms with Gasteiger partial charge in [0.05, 0.1) is 10.3 Å². The Morgan fingerprint density at radius 1 is 1.10 bits per heavy atom. The highest BCUT2D eigenvalue weighted by atomic mass is 35.5. The molecule has 29 heavy (non-hydrogen) atoms. The maximum Gasteiger partial charge on any atom is 0.238 e. The van der Waals surface area contributed by atoms with E-state index in [1.807, 2.05) is 47.4 Å². The van der Waals surface area contributed by atoms with E-state index in [4.69, 9.17) is 16.7 Å². The molecular weight excluding hydrogens is 430 g/mol. The van der Waals surface area contributed by atoms with E-state index in [0.717, 1.165) is 10.3 Å². The fraction of sp³-hybridized carbons (Fsp3) is 0.0526. The summed E-state index contributed by atoms with van der Waals surface area (Å²) in [6.45, 7) is 2.04. The van der Waals surface area contributed by atoms with E-state index in [2.05, 4.69) is 15.3 Å². The normalized spacial score (nSPS) is 11.7. The van der Waals surface area contributed by atoms with Crippen LogP contribution in [-0.2, 0) is 10.0 Å². The third kappa shape index (κ3) is 4.38. The van der Waals surface area contributed by atoms with Gasteiger partial charge in [0, 0.05) is 16.8 Å². The van der Waals surface area contributed by atoms with Crippen molar-refractivity contribution in [2.24, 2.45) is 5.14 Å². The van der Waals surface area contributed by atoms with Crippen LogP contribution in [-0.4, -0.2) is 22.4 Å². The second-order valence-corrected chi connectivity index (χ2v) is 9.27. The minimum absolute atomic E-state index is 0.00592. The van der Waals surface area contributed by atoms with Crippen LogP contribution in [0, 0.1) is 6.92 Å². The standard InChI is InChI=1S/C19H16ClN5O2S2/c1-12-5-7-14(8-6-12)28-25-10-9-16-17(23-19(20)24-18(16)25)22-13-3-2-4-15(11-13)29(21,26)27/h2-11H,1H3,(H2,21,26,27)(H,22,23,24).